The Kier molecular flexibility index (Phi) is 2.60. The van der Waals surface area contributed by atoms with Crippen molar-refractivity contribution in [3.05, 3.63) is 35.4 Å². The molecular weight excluding hydrogens is 240 g/mol. The smallest absolute Gasteiger partial charge is 0.334 e. The molecule has 0 unspecified atom stereocenters. The molecule has 0 atom stereocenters. The highest BCUT2D eigenvalue weighted by atomic mass is 19.4. The van der Waals surface area contributed by atoms with Crippen LogP contribution in [0.15, 0.2) is 22.7 Å². The van der Waals surface area contributed by atoms with E-state index >= 15 is 0 Å². The Hall–Kier alpha value is -1.92. The van der Waals surface area contributed by atoms with E-state index in [9.17, 15) is 17.6 Å². The summed E-state index contributed by atoms with van der Waals surface area (Å²) in [6, 6.07) is 2.89. The SMILES string of the molecule is Cc1noc(-c2cccc(C(F)(F)F)c2F)n1. The molecule has 0 spiro atoms. The Morgan fingerprint density at radius 2 is 1.94 bits per heavy atom. The molecule has 0 N–H and O–H groups in total. The van der Waals surface area contributed by atoms with Crippen molar-refractivity contribution in [1.29, 1.82) is 0 Å². The van der Waals surface area contributed by atoms with Crippen molar-refractivity contribution in [3.8, 4) is 11.5 Å². The average Bonchev–Trinajstić information content (AvgIpc) is 2.63. The van der Waals surface area contributed by atoms with E-state index in [-0.39, 0.29) is 17.3 Å². The van der Waals surface area contributed by atoms with Gasteiger partial charge >= 0.3 is 6.18 Å². The molecule has 0 saturated carbocycles. The van der Waals surface area contributed by atoms with Crippen molar-refractivity contribution in [2.24, 2.45) is 0 Å². The van der Waals surface area contributed by atoms with E-state index in [1.807, 2.05) is 0 Å². The van der Waals surface area contributed by atoms with Gasteiger partial charge in [0.25, 0.3) is 5.89 Å². The van der Waals surface area contributed by atoms with Crippen molar-refractivity contribution in [1.82, 2.24) is 10.1 Å². The Bertz CT molecular complexity index is 547. The maximum Gasteiger partial charge on any atom is 0.419 e. The monoisotopic (exact) mass is 246 g/mol. The fourth-order valence-corrected chi connectivity index (χ4v) is 1.32. The topological polar surface area (TPSA) is 38.9 Å². The average molecular weight is 246 g/mol. The molecule has 2 aromatic rings. The van der Waals surface area contributed by atoms with E-state index < -0.39 is 17.6 Å². The van der Waals surface area contributed by atoms with Crippen LogP contribution in [-0.4, -0.2) is 10.1 Å². The van der Waals surface area contributed by atoms with Gasteiger partial charge in [-0.25, -0.2) is 4.39 Å². The van der Waals surface area contributed by atoms with Crippen LogP contribution in [0.3, 0.4) is 0 Å². The molecule has 0 aliphatic rings. The highest BCUT2D eigenvalue weighted by Gasteiger charge is 2.35. The van der Waals surface area contributed by atoms with Gasteiger partial charge in [-0.1, -0.05) is 11.2 Å². The van der Waals surface area contributed by atoms with Gasteiger partial charge in [0, 0.05) is 0 Å². The molecule has 1 aromatic heterocycles. The number of nitrogens with zero attached hydrogens (tertiary/aromatic N) is 2. The van der Waals surface area contributed by atoms with Crippen LogP contribution in [0.1, 0.15) is 11.4 Å². The van der Waals surface area contributed by atoms with Gasteiger partial charge in [-0.3, -0.25) is 0 Å². The van der Waals surface area contributed by atoms with Crippen molar-refractivity contribution in [2.45, 2.75) is 13.1 Å². The minimum absolute atomic E-state index is 0.219. The number of alkyl halides is 3. The summed E-state index contributed by atoms with van der Waals surface area (Å²) < 4.78 is 55.6. The zero-order valence-electron chi connectivity index (χ0n) is 8.55. The molecule has 0 radical (unpaired) electrons. The van der Waals surface area contributed by atoms with Crippen molar-refractivity contribution in [3.63, 3.8) is 0 Å². The molecule has 7 heteroatoms. The molecular formula is C10H6F4N2O. The van der Waals surface area contributed by atoms with Crippen LogP contribution in [-0.2, 0) is 6.18 Å². The normalized spacial score (nSPS) is 11.8. The number of rotatable bonds is 1. The van der Waals surface area contributed by atoms with Crippen molar-refractivity contribution >= 4 is 0 Å². The maximum atomic E-state index is 13.6. The molecule has 2 rings (SSSR count). The van der Waals surface area contributed by atoms with Crippen LogP contribution in [0.5, 0.6) is 0 Å². The van der Waals surface area contributed by atoms with E-state index in [2.05, 4.69) is 14.7 Å². The molecule has 0 aliphatic heterocycles. The second-order valence-corrected chi connectivity index (χ2v) is 3.31. The molecule has 90 valence electrons. The van der Waals surface area contributed by atoms with E-state index in [1.165, 1.54) is 6.92 Å². The van der Waals surface area contributed by atoms with Gasteiger partial charge in [0.05, 0.1) is 11.1 Å². The van der Waals surface area contributed by atoms with E-state index in [0.29, 0.717) is 6.07 Å². The molecule has 0 bridgehead atoms. The number of benzene rings is 1. The van der Waals surface area contributed by atoms with Gasteiger partial charge < -0.3 is 4.52 Å². The number of hydrogen-bond acceptors (Lipinski definition) is 3. The molecule has 0 fully saturated rings. The minimum Gasteiger partial charge on any atom is -0.334 e. The first-order valence-electron chi connectivity index (χ1n) is 4.56. The Morgan fingerprint density at radius 1 is 1.24 bits per heavy atom. The molecule has 0 saturated heterocycles. The largest absolute Gasteiger partial charge is 0.419 e. The first-order valence-corrected chi connectivity index (χ1v) is 4.56. The third-order valence-electron chi connectivity index (χ3n) is 2.06. The van der Waals surface area contributed by atoms with Crippen LogP contribution in [0, 0.1) is 12.7 Å². The summed E-state index contributed by atoms with van der Waals surface area (Å²) in [5.74, 6) is -1.47. The summed E-state index contributed by atoms with van der Waals surface area (Å²) in [5, 5.41) is 3.39. The van der Waals surface area contributed by atoms with E-state index in [1.54, 1.807) is 0 Å². The van der Waals surface area contributed by atoms with Crippen LogP contribution in [0.2, 0.25) is 0 Å². The van der Waals surface area contributed by atoms with E-state index in [4.69, 9.17) is 0 Å². The first-order chi connectivity index (χ1) is 7.89. The second kappa shape index (κ2) is 3.83. The summed E-state index contributed by atoms with van der Waals surface area (Å²) in [4.78, 5) is 3.68. The molecule has 0 aliphatic carbocycles. The zero-order chi connectivity index (χ0) is 12.6. The van der Waals surface area contributed by atoms with Gasteiger partial charge in [-0.2, -0.15) is 18.2 Å². The molecule has 0 amide bonds. The first kappa shape index (κ1) is 11.6. The molecule has 3 nitrogen and oxygen atoms in total. The van der Waals surface area contributed by atoms with Gasteiger partial charge in [0.15, 0.2) is 5.82 Å². The number of hydrogen-bond donors (Lipinski definition) is 0. The van der Waals surface area contributed by atoms with Crippen LogP contribution >= 0.6 is 0 Å². The van der Waals surface area contributed by atoms with Crippen LogP contribution in [0.25, 0.3) is 11.5 Å². The fourth-order valence-electron chi connectivity index (χ4n) is 1.32. The lowest BCUT2D eigenvalue weighted by molar-refractivity contribution is -0.139. The quantitative estimate of drug-likeness (QED) is 0.725. The maximum absolute atomic E-state index is 13.6. The lowest BCUT2D eigenvalue weighted by Gasteiger charge is -2.08. The van der Waals surface area contributed by atoms with Gasteiger partial charge in [-0.05, 0) is 19.1 Å². The Balaban J connectivity index is 2.57. The Labute approximate surface area is 93.1 Å². The third kappa shape index (κ3) is 2.13. The third-order valence-corrected chi connectivity index (χ3v) is 2.06. The predicted octanol–water partition coefficient (Wildman–Crippen LogP) is 3.20. The molecule has 17 heavy (non-hydrogen) atoms. The predicted molar refractivity (Wildman–Crippen MR) is 49.4 cm³/mol. The van der Waals surface area contributed by atoms with Gasteiger partial charge in [0.1, 0.15) is 5.82 Å². The summed E-state index contributed by atoms with van der Waals surface area (Å²) in [6.07, 6.45) is -4.75. The number of aromatic nitrogens is 2. The summed E-state index contributed by atoms with van der Waals surface area (Å²) in [6.45, 7) is 1.48. The van der Waals surface area contributed by atoms with Crippen LogP contribution in [0.4, 0.5) is 17.6 Å². The highest BCUT2D eigenvalue weighted by molar-refractivity contribution is 5.55. The van der Waals surface area contributed by atoms with E-state index in [0.717, 1.165) is 12.1 Å². The summed E-state index contributed by atoms with van der Waals surface area (Å²) in [5.41, 5.74) is -1.72. The fraction of sp³-hybridized carbons (Fsp3) is 0.200. The lowest BCUT2D eigenvalue weighted by Crippen LogP contribution is -2.08. The van der Waals surface area contributed by atoms with Gasteiger partial charge in [-0.15, -0.1) is 0 Å². The zero-order valence-corrected chi connectivity index (χ0v) is 8.55. The lowest BCUT2D eigenvalue weighted by atomic mass is 10.1. The van der Waals surface area contributed by atoms with Crippen LogP contribution < -0.4 is 0 Å². The minimum atomic E-state index is -4.75. The standard InChI is InChI=1S/C10H6F4N2O/c1-5-15-9(17-16-5)6-3-2-4-7(8(6)11)10(12,13)14/h2-4H,1H3. The number of halogens is 4. The highest BCUT2D eigenvalue weighted by Crippen LogP contribution is 2.34. The molecule has 1 aromatic carbocycles. The summed E-state index contributed by atoms with van der Waals surface area (Å²) in [7, 11) is 0. The van der Waals surface area contributed by atoms with Gasteiger partial charge in [0.2, 0.25) is 0 Å². The van der Waals surface area contributed by atoms with Crippen molar-refractivity contribution in [2.75, 3.05) is 0 Å². The molecule has 1 heterocycles. The summed E-state index contributed by atoms with van der Waals surface area (Å²) >= 11 is 0. The Morgan fingerprint density at radius 3 is 2.47 bits per heavy atom. The second-order valence-electron chi connectivity index (χ2n) is 3.31. The number of aryl methyl sites for hydroxylation is 1. The van der Waals surface area contributed by atoms with Crippen molar-refractivity contribution < 1.29 is 22.1 Å².